The first-order valence-corrected chi connectivity index (χ1v) is 9.42. The molecule has 146 valence electrons. The van der Waals surface area contributed by atoms with Crippen molar-refractivity contribution in [1.29, 1.82) is 0 Å². The van der Waals surface area contributed by atoms with Crippen LogP contribution >= 0.6 is 0 Å². The molecule has 0 radical (unpaired) electrons. The molecule has 0 saturated carbocycles. The highest BCUT2D eigenvalue weighted by atomic mass is 16.5. The molecule has 0 aliphatic rings. The third-order valence-corrected chi connectivity index (χ3v) is 4.91. The maximum absolute atomic E-state index is 12.3. The fourth-order valence-electron chi connectivity index (χ4n) is 3.18. The minimum atomic E-state index is -0.236. The van der Waals surface area contributed by atoms with Crippen molar-refractivity contribution in [1.82, 2.24) is 14.8 Å². The summed E-state index contributed by atoms with van der Waals surface area (Å²) in [5, 5.41) is 8.33. The van der Waals surface area contributed by atoms with Crippen molar-refractivity contribution in [2.24, 2.45) is 0 Å². The van der Waals surface area contributed by atoms with Crippen molar-refractivity contribution in [2.45, 2.75) is 20.8 Å². The number of aromatic nitrogens is 3. The standard InChI is InChI=1S/C23H22N4O2/c1-15-8-7-11-21(16(15)2)29-14-22(28)25-18-12-20-17(3)26-27(23(20)24-13-18)19-9-5-4-6-10-19/h4-13H,14H2,1-3H3,(H,25,28). The molecule has 0 atom stereocenters. The highest BCUT2D eigenvalue weighted by Crippen LogP contribution is 2.23. The molecule has 0 unspecified atom stereocenters. The van der Waals surface area contributed by atoms with Gasteiger partial charge in [0.1, 0.15) is 5.75 Å². The summed E-state index contributed by atoms with van der Waals surface area (Å²) in [6.45, 7) is 5.86. The summed E-state index contributed by atoms with van der Waals surface area (Å²) in [5.74, 6) is 0.480. The average Bonchev–Trinajstić information content (AvgIpc) is 3.06. The molecule has 29 heavy (non-hydrogen) atoms. The highest BCUT2D eigenvalue weighted by molar-refractivity contribution is 5.94. The van der Waals surface area contributed by atoms with Crippen LogP contribution in [-0.2, 0) is 4.79 Å². The number of nitrogens with one attached hydrogen (secondary N) is 1. The monoisotopic (exact) mass is 386 g/mol. The van der Waals surface area contributed by atoms with Gasteiger partial charge in [0.05, 0.1) is 23.3 Å². The van der Waals surface area contributed by atoms with E-state index in [0.29, 0.717) is 11.4 Å². The maximum atomic E-state index is 12.3. The zero-order valence-electron chi connectivity index (χ0n) is 16.6. The van der Waals surface area contributed by atoms with Crippen molar-refractivity contribution in [2.75, 3.05) is 11.9 Å². The van der Waals surface area contributed by atoms with Crippen LogP contribution in [0.1, 0.15) is 16.8 Å². The number of hydrogen-bond donors (Lipinski definition) is 1. The molecule has 2 aromatic carbocycles. The third-order valence-electron chi connectivity index (χ3n) is 4.91. The summed E-state index contributed by atoms with van der Waals surface area (Å²) in [6, 6.07) is 17.5. The zero-order chi connectivity index (χ0) is 20.4. The number of rotatable bonds is 5. The van der Waals surface area contributed by atoms with E-state index in [1.54, 1.807) is 10.9 Å². The molecule has 0 aliphatic heterocycles. The van der Waals surface area contributed by atoms with Crippen LogP contribution in [-0.4, -0.2) is 27.3 Å². The number of hydrogen-bond acceptors (Lipinski definition) is 4. The third kappa shape index (κ3) is 3.82. The van der Waals surface area contributed by atoms with Crippen LogP contribution in [0.2, 0.25) is 0 Å². The SMILES string of the molecule is Cc1cccc(OCC(=O)Nc2cnc3c(c2)c(C)nn3-c2ccccc2)c1C. The molecule has 0 aliphatic carbocycles. The number of nitrogens with zero attached hydrogens (tertiary/aromatic N) is 3. The van der Waals surface area contributed by atoms with Crippen LogP contribution in [0.5, 0.6) is 5.75 Å². The quantitative estimate of drug-likeness (QED) is 0.553. The second-order valence-corrected chi connectivity index (χ2v) is 6.96. The van der Waals surface area contributed by atoms with Gasteiger partial charge in [-0.15, -0.1) is 0 Å². The van der Waals surface area contributed by atoms with E-state index in [1.807, 2.05) is 75.4 Å². The smallest absolute Gasteiger partial charge is 0.262 e. The lowest BCUT2D eigenvalue weighted by Crippen LogP contribution is -2.20. The Morgan fingerprint density at radius 3 is 2.66 bits per heavy atom. The maximum Gasteiger partial charge on any atom is 0.262 e. The number of pyridine rings is 1. The minimum absolute atomic E-state index is 0.0649. The first-order valence-electron chi connectivity index (χ1n) is 9.42. The summed E-state index contributed by atoms with van der Waals surface area (Å²) in [4.78, 5) is 16.9. The van der Waals surface area contributed by atoms with E-state index in [9.17, 15) is 4.79 Å². The van der Waals surface area contributed by atoms with E-state index in [-0.39, 0.29) is 12.5 Å². The van der Waals surface area contributed by atoms with E-state index in [2.05, 4.69) is 15.4 Å². The number of aryl methyl sites for hydroxylation is 2. The van der Waals surface area contributed by atoms with Crippen LogP contribution in [0.4, 0.5) is 5.69 Å². The molecular weight excluding hydrogens is 364 g/mol. The Hall–Kier alpha value is -3.67. The van der Waals surface area contributed by atoms with Gasteiger partial charge >= 0.3 is 0 Å². The normalized spacial score (nSPS) is 10.9. The Balaban J connectivity index is 1.51. The summed E-state index contributed by atoms with van der Waals surface area (Å²) < 4.78 is 7.48. The topological polar surface area (TPSA) is 69.0 Å². The molecule has 4 aromatic rings. The second-order valence-electron chi connectivity index (χ2n) is 6.96. The Kier molecular flexibility index (Phi) is 4.99. The van der Waals surface area contributed by atoms with Gasteiger partial charge in [-0.3, -0.25) is 4.79 Å². The predicted octanol–water partition coefficient (Wildman–Crippen LogP) is 4.36. The molecule has 0 bridgehead atoms. The van der Waals surface area contributed by atoms with Gasteiger partial charge in [0.2, 0.25) is 0 Å². The Morgan fingerprint density at radius 1 is 1.07 bits per heavy atom. The molecule has 2 heterocycles. The van der Waals surface area contributed by atoms with Gasteiger partial charge in [0.15, 0.2) is 12.3 Å². The summed E-state index contributed by atoms with van der Waals surface area (Å²) >= 11 is 0. The minimum Gasteiger partial charge on any atom is -0.483 e. The fraction of sp³-hybridized carbons (Fsp3) is 0.174. The lowest BCUT2D eigenvalue weighted by Gasteiger charge is -2.11. The van der Waals surface area contributed by atoms with E-state index in [4.69, 9.17) is 4.74 Å². The van der Waals surface area contributed by atoms with Gasteiger partial charge < -0.3 is 10.1 Å². The number of amides is 1. The van der Waals surface area contributed by atoms with Gasteiger partial charge in [-0.05, 0) is 56.2 Å². The second kappa shape index (κ2) is 7.75. The Morgan fingerprint density at radius 2 is 1.86 bits per heavy atom. The van der Waals surface area contributed by atoms with Gasteiger partial charge in [-0.1, -0.05) is 30.3 Å². The van der Waals surface area contributed by atoms with Gasteiger partial charge in [0, 0.05) is 5.39 Å². The van der Waals surface area contributed by atoms with E-state index in [1.165, 1.54) is 0 Å². The number of para-hydroxylation sites is 1. The van der Waals surface area contributed by atoms with Gasteiger partial charge in [-0.2, -0.15) is 5.10 Å². The first kappa shape index (κ1) is 18.7. The number of carbonyl (C=O) groups is 1. The van der Waals surface area contributed by atoms with E-state index >= 15 is 0 Å². The molecule has 6 heteroatoms. The summed E-state index contributed by atoms with van der Waals surface area (Å²) in [6.07, 6.45) is 1.64. The molecule has 6 nitrogen and oxygen atoms in total. The molecule has 1 N–H and O–H groups in total. The summed E-state index contributed by atoms with van der Waals surface area (Å²) in [5.41, 5.74) is 5.31. The van der Waals surface area contributed by atoms with Crippen LogP contribution < -0.4 is 10.1 Å². The largest absolute Gasteiger partial charge is 0.483 e. The lowest BCUT2D eigenvalue weighted by molar-refractivity contribution is -0.118. The number of carbonyl (C=O) groups excluding carboxylic acids is 1. The van der Waals surface area contributed by atoms with Crippen molar-refractivity contribution < 1.29 is 9.53 Å². The van der Waals surface area contributed by atoms with Crippen LogP contribution in [0, 0.1) is 20.8 Å². The average molecular weight is 386 g/mol. The van der Waals surface area contributed by atoms with Crippen LogP contribution in [0.15, 0.2) is 60.8 Å². The number of anilines is 1. The number of ether oxygens (including phenoxy) is 1. The Labute approximate surface area is 169 Å². The molecular formula is C23H22N4O2. The Bertz CT molecular complexity index is 1180. The van der Waals surface area contributed by atoms with E-state index < -0.39 is 0 Å². The lowest BCUT2D eigenvalue weighted by atomic mass is 10.1. The highest BCUT2D eigenvalue weighted by Gasteiger charge is 2.13. The van der Waals surface area contributed by atoms with Gasteiger partial charge in [0.25, 0.3) is 5.91 Å². The number of fused-ring (bicyclic) bond motifs is 1. The van der Waals surface area contributed by atoms with Crippen molar-refractivity contribution in [3.8, 4) is 11.4 Å². The molecule has 1 amide bonds. The van der Waals surface area contributed by atoms with Crippen molar-refractivity contribution >= 4 is 22.6 Å². The first-order chi connectivity index (χ1) is 14.0. The molecule has 0 fully saturated rings. The van der Waals surface area contributed by atoms with Gasteiger partial charge in [-0.25, -0.2) is 9.67 Å². The predicted molar refractivity (Wildman–Crippen MR) is 114 cm³/mol. The molecule has 2 aromatic heterocycles. The van der Waals surface area contributed by atoms with E-state index in [0.717, 1.165) is 33.5 Å². The molecule has 0 saturated heterocycles. The van der Waals surface area contributed by atoms with Crippen LogP contribution in [0.3, 0.4) is 0 Å². The van der Waals surface area contributed by atoms with Crippen molar-refractivity contribution in [3.63, 3.8) is 0 Å². The van der Waals surface area contributed by atoms with Crippen LogP contribution in [0.25, 0.3) is 16.7 Å². The zero-order valence-corrected chi connectivity index (χ0v) is 16.6. The molecule has 0 spiro atoms. The fourth-order valence-corrected chi connectivity index (χ4v) is 3.18. The number of benzene rings is 2. The summed E-state index contributed by atoms with van der Waals surface area (Å²) in [7, 11) is 0. The van der Waals surface area contributed by atoms with Crippen molar-refractivity contribution in [3.05, 3.63) is 77.6 Å². The molecule has 4 rings (SSSR count).